The zero-order valence-electron chi connectivity index (χ0n) is 12.8. The van der Waals surface area contributed by atoms with Gasteiger partial charge in [0.25, 0.3) is 0 Å². The Labute approximate surface area is 121 Å². The Bertz CT molecular complexity index is 550. The lowest BCUT2D eigenvalue weighted by Crippen LogP contribution is -2.43. The molecule has 0 aliphatic heterocycles. The summed E-state index contributed by atoms with van der Waals surface area (Å²) in [5.41, 5.74) is 2.05. The molecular weight excluding hydrogens is 248 g/mol. The summed E-state index contributed by atoms with van der Waals surface area (Å²) in [6, 6.07) is 10.5. The molecule has 2 rings (SSSR count). The normalized spacial score (nSPS) is 13.6. The fourth-order valence-electron chi connectivity index (χ4n) is 3.13. The van der Waals surface area contributed by atoms with Gasteiger partial charge in [0.1, 0.15) is 0 Å². The molecule has 0 spiro atoms. The number of methoxy groups -OCH3 is 1. The van der Waals surface area contributed by atoms with Gasteiger partial charge in [0.15, 0.2) is 0 Å². The Morgan fingerprint density at radius 3 is 2.50 bits per heavy atom. The molecule has 1 unspecified atom stereocenters. The van der Waals surface area contributed by atoms with Crippen LogP contribution in [0.15, 0.2) is 36.5 Å². The van der Waals surface area contributed by atoms with E-state index < -0.39 is 0 Å². The summed E-state index contributed by atoms with van der Waals surface area (Å²) in [6.45, 7) is 4.35. The van der Waals surface area contributed by atoms with Gasteiger partial charge < -0.3 is 10.1 Å². The molecule has 108 valence electrons. The number of ether oxygens (including phenoxy) is 1. The lowest BCUT2D eigenvalue weighted by Gasteiger charge is -2.38. The number of likely N-dealkylation sites (N-methyl/N-ethyl adjacent to an activating group) is 1. The zero-order chi connectivity index (χ0) is 14.6. The van der Waals surface area contributed by atoms with Crippen molar-refractivity contribution in [2.75, 3.05) is 14.2 Å². The SMILES string of the molecule is CCC(CC)(OC)C(NC)c1cccc2cccnc12. The summed E-state index contributed by atoms with van der Waals surface area (Å²) in [4.78, 5) is 4.57. The zero-order valence-corrected chi connectivity index (χ0v) is 12.8. The highest BCUT2D eigenvalue weighted by molar-refractivity contribution is 5.82. The molecule has 0 radical (unpaired) electrons. The summed E-state index contributed by atoms with van der Waals surface area (Å²) in [5, 5.41) is 4.61. The van der Waals surface area contributed by atoms with Crippen molar-refractivity contribution in [3.63, 3.8) is 0 Å². The first-order valence-corrected chi connectivity index (χ1v) is 7.28. The van der Waals surface area contributed by atoms with Crippen molar-refractivity contribution in [2.45, 2.75) is 38.3 Å². The van der Waals surface area contributed by atoms with Crippen LogP contribution in [0.5, 0.6) is 0 Å². The van der Waals surface area contributed by atoms with Crippen LogP contribution in [0.25, 0.3) is 10.9 Å². The standard InChI is InChI=1S/C17H24N2O/c1-5-17(6-2,20-4)16(18-3)14-11-7-9-13-10-8-12-19-15(13)14/h7-12,16,18H,5-6H2,1-4H3. The summed E-state index contributed by atoms with van der Waals surface area (Å²) in [7, 11) is 3.79. The lowest BCUT2D eigenvalue weighted by atomic mass is 9.83. The van der Waals surface area contributed by atoms with E-state index in [9.17, 15) is 0 Å². The van der Waals surface area contributed by atoms with Crippen LogP contribution in [0, 0.1) is 0 Å². The third-order valence-corrected chi connectivity index (χ3v) is 4.39. The van der Waals surface area contributed by atoms with Crippen molar-refractivity contribution >= 4 is 10.9 Å². The third-order valence-electron chi connectivity index (χ3n) is 4.39. The van der Waals surface area contributed by atoms with Gasteiger partial charge >= 0.3 is 0 Å². The van der Waals surface area contributed by atoms with E-state index in [0.717, 1.165) is 18.4 Å². The maximum Gasteiger partial charge on any atom is 0.0868 e. The lowest BCUT2D eigenvalue weighted by molar-refractivity contribution is -0.0464. The smallest absolute Gasteiger partial charge is 0.0868 e. The Morgan fingerprint density at radius 2 is 1.90 bits per heavy atom. The number of para-hydroxylation sites is 1. The molecule has 0 bridgehead atoms. The van der Waals surface area contributed by atoms with Crippen LogP contribution < -0.4 is 5.32 Å². The number of nitrogens with zero attached hydrogens (tertiary/aromatic N) is 1. The van der Waals surface area contributed by atoms with Crippen LogP contribution in [-0.2, 0) is 4.74 Å². The minimum absolute atomic E-state index is 0.126. The first-order chi connectivity index (χ1) is 9.72. The first kappa shape index (κ1) is 14.9. The predicted octanol–water partition coefficient (Wildman–Crippen LogP) is 3.70. The number of nitrogens with one attached hydrogen (secondary N) is 1. The maximum absolute atomic E-state index is 5.90. The largest absolute Gasteiger partial charge is 0.376 e. The fraction of sp³-hybridized carbons (Fsp3) is 0.471. The molecule has 20 heavy (non-hydrogen) atoms. The highest BCUT2D eigenvalue weighted by Gasteiger charge is 2.36. The van der Waals surface area contributed by atoms with Gasteiger partial charge in [-0.25, -0.2) is 0 Å². The molecular formula is C17H24N2O. The van der Waals surface area contributed by atoms with Crippen LogP contribution in [-0.4, -0.2) is 24.7 Å². The predicted molar refractivity (Wildman–Crippen MR) is 83.9 cm³/mol. The third kappa shape index (κ3) is 2.43. The Balaban J connectivity index is 2.60. The molecule has 0 fully saturated rings. The number of fused-ring (bicyclic) bond motifs is 1. The Hall–Kier alpha value is -1.45. The highest BCUT2D eigenvalue weighted by atomic mass is 16.5. The van der Waals surface area contributed by atoms with Crippen molar-refractivity contribution in [1.29, 1.82) is 0 Å². The molecule has 0 aliphatic carbocycles. The molecule has 0 aliphatic rings. The van der Waals surface area contributed by atoms with Crippen molar-refractivity contribution in [3.05, 3.63) is 42.1 Å². The highest BCUT2D eigenvalue weighted by Crippen LogP contribution is 2.37. The minimum Gasteiger partial charge on any atom is -0.376 e. The quantitative estimate of drug-likeness (QED) is 0.870. The Morgan fingerprint density at radius 1 is 1.20 bits per heavy atom. The molecule has 1 heterocycles. The van der Waals surface area contributed by atoms with Gasteiger partial charge in [-0.3, -0.25) is 4.98 Å². The number of pyridine rings is 1. The van der Waals surface area contributed by atoms with Gasteiger partial charge in [-0.05, 0) is 31.5 Å². The second kappa shape index (κ2) is 6.33. The average Bonchev–Trinajstić information content (AvgIpc) is 2.52. The van der Waals surface area contributed by atoms with Crippen molar-refractivity contribution in [2.24, 2.45) is 0 Å². The molecule has 2 aromatic rings. The first-order valence-electron chi connectivity index (χ1n) is 7.28. The van der Waals surface area contributed by atoms with E-state index in [1.807, 2.05) is 19.3 Å². The molecule has 1 aromatic heterocycles. The summed E-state index contributed by atoms with van der Waals surface area (Å²) >= 11 is 0. The molecule has 1 atom stereocenters. The van der Waals surface area contributed by atoms with Crippen LogP contribution in [0.4, 0.5) is 0 Å². The van der Waals surface area contributed by atoms with Crippen molar-refractivity contribution in [1.82, 2.24) is 10.3 Å². The average molecular weight is 272 g/mol. The number of hydrogen-bond donors (Lipinski definition) is 1. The van der Waals surface area contributed by atoms with E-state index >= 15 is 0 Å². The summed E-state index contributed by atoms with van der Waals surface area (Å²) in [5.74, 6) is 0. The van der Waals surface area contributed by atoms with Crippen molar-refractivity contribution < 1.29 is 4.74 Å². The van der Waals surface area contributed by atoms with Gasteiger partial charge in [0.2, 0.25) is 0 Å². The van der Waals surface area contributed by atoms with Gasteiger partial charge in [-0.1, -0.05) is 38.1 Å². The van der Waals surface area contributed by atoms with Crippen LogP contribution in [0.2, 0.25) is 0 Å². The minimum atomic E-state index is -0.208. The molecule has 0 saturated heterocycles. The van der Waals surface area contributed by atoms with Gasteiger partial charge in [-0.15, -0.1) is 0 Å². The van der Waals surface area contributed by atoms with Gasteiger partial charge in [0, 0.05) is 18.7 Å². The number of rotatable bonds is 6. The van der Waals surface area contributed by atoms with Crippen LogP contribution >= 0.6 is 0 Å². The number of benzene rings is 1. The molecule has 0 saturated carbocycles. The summed E-state index contributed by atoms with van der Waals surface area (Å²) in [6.07, 6.45) is 3.76. The van der Waals surface area contributed by atoms with Gasteiger partial charge in [0.05, 0.1) is 17.2 Å². The topological polar surface area (TPSA) is 34.1 Å². The monoisotopic (exact) mass is 272 g/mol. The number of hydrogen-bond acceptors (Lipinski definition) is 3. The maximum atomic E-state index is 5.90. The molecule has 3 nitrogen and oxygen atoms in total. The van der Waals surface area contributed by atoms with Crippen LogP contribution in [0.3, 0.4) is 0 Å². The van der Waals surface area contributed by atoms with E-state index in [-0.39, 0.29) is 11.6 Å². The van der Waals surface area contributed by atoms with Crippen LogP contribution in [0.1, 0.15) is 38.3 Å². The van der Waals surface area contributed by atoms with E-state index in [4.69, 9.17) is 4.74 Å². The second-order valence-corrected chi connectivity index (χ2v) is 5.12. The van der Waals surface area contributed by atoms with E-state index in [1.165, 1.54) is 10.9 Å². The fourth-order valence-corrected chi connectivity index (χ4v) is 3.13. The summed E-state index contributed by atoms with van der Waals surface area (Å²) < 4.78 is 5.90. The van der Waals surface area contributed by atoms with E-state index in [2.05, 4.69) is 48.4 Å². The van der Waals surface area contributed by atoms with Crippen molar-refractivity contribution in [3.8, 4) is 0 Å². The molecule has 0 amide bonds. The van der Waals surface area contributed by atoms with E-state index in [0.29, 0.717) is 0 Å². The Kier molecular flexibility index (Phi) is 4.73. The molecule has 1 aromatic carbocycles. The van der Waals surface area contributed by atoms with Gasteiger partial charge in [-0.2, -0.15) is 0 Å². The molecule has 1 N–H and O–H groups in total. The number of aromatic nitrogens is 1. The second-order valence-electron chi connectivity index (χ2n) is 5.12. The van der Waals surface area contributed by atoms with E-state index in [1.54, 1.807) is 7.11 Å². The molecule has 3 heteroatoms.